The topological polar surface area (TPSA) is 41.1 Å². The SMILES string of the molecule is CCc1c(Cl)nc(C)nc1NCc1ccc(CN(C)C)c(F)c1. The Morgan fingerprint density at radius 1 is 1.26 bits per heavy atom. The Bertz CT molecular complexity index is 689. The summed E-state index contributed by atoms with van der Waals surface area (Å²) in [6, 6.07) is 5.31. The van der Waals surface area contributed by atoms with E-state index < -0.39 is 0 Å². The van der Waals surface area contributed by atoms with Crippen LogP contribution in [0.2, 0.25) is 5.15 Å². The Balaban J connectivity index is 2.14. The third-order valence-electron chi connectivity index (χ3n) is 3.49. The molecule has 0 spiro atoms. The first-order chi connectivity index (χ1) is 10.9. The van der Waals surface area contributed by atoms with Crippen molar-refractivity contribution in [3.05, 3.63) is 51.7 Å². The van der Waals surface area contributed by atoms with E-state index in [1.165, 1.54) is 0 Å². The minimum atomic E-state index is -0.189. The zero-order valence-electron chi connectivity index (χ0n) is 14.0. The van der Waals surface area contributed by atoms with Gasteiger partial charge in [-0.3, -0.25) is 0 Å². The molecule has 0 unspecified atom stereocenters. The lowest BCUT2D eigenvalue weighted by Gasteiger charge is -2.14. The standard InChI is InChI=1S/C17H22ClFN4/c1-5-14-16(18)21-11(2)22-17(14)20-9-12-6-7-13(10-23(3)4)15(19)8-12/h6-8H,5,9-10H2,1-4H3,(H,20,21,22). The maximum Gasteiger partial charge on any atom is 0.138 e. The molecule has 0 fully saturated rings. The highest BCUT2D eigenvalue weighted by Gasteiger charge is 2.10. The Morgan fingerprint density at radius 3 is 2.61 bits per heavy atom. The first-order valence-electron chi connectivity index (χ1n) is 7.59. The molecule has 4 nitrogen and oxygen atoms in total. The second-order valence-electron chi connectivity index (χ2n) is 5.76. The fraction of sp³-hybridized carbons (Fsp3) is 0.412. The van der Waals surface area contributed by atoms with Crippen molar-refractivity contribution in [2.24, 2.45) is 0 Å². The number of nitrogens with one attached hydrogen (secondary N) is 1. The van der Waals surface area contributed by atoms with Crippen LogP contribution in [0.3, 0.4) is 0 Å². The zero-order valence-corrected chi connectivity index (χ0v) is 14.7. The van der Waals surface area contributed by atoms with Crippen molar-refractivity contribution in [1.29, 1.82) is 0 Å². The van der Waals surface area contributed by atoms with E-state index in [4.69, 9.17) is 11.6 Å². The molecule has 2 rings (SSSR count). The van der Waals surface area contributed by atoms with Crippen LogP contribution in [0, 0.1) is 12.7 Å². The van der Waals surface area contributed by atoms with Crippen LogP contribution in [0.25, 0.3) is 0 Å². The number of rotatable bonds is 6. The van der Waals surface area contributed by atoms with Crippen molar-refractivity contribution in [1.82, 2.24) is 14.9 Å². The number of benzene rings is 1. The number of aryl methyl sites for hydroxylation is 1. The van der Waals surface area contributed by atoms with Gasteiger partial charge in [0, 0.05) is 24.2 Å². The van der Waals surface area contributed by atoms with Gasteiger partial charge in [-0.2, -0.15) is 0 Å². The number of anilines is 1. The molecule has 1 aromatic heterocycles. The second-order valence-corrected chi connectivity index (χ2v) is 6.12. The third-order valence-corrected chi connectivity index (χ3v) is 3.80. The highest BCUT2D eigenvalue weighted by molar-refractivity contribution is 6.30. The molecule has 0 aliphatic heterocycles. The lowest BCUT2D eigenvalue weighted by molar-refractivity contribution is 0.392. The molecule has 1 aromatic carbocycles. The summed E-state index contributed by atoms with van der Waals surface area (Å²) in [5, 5.41) is 3.70. The molecule has 0 aliphatic rings. The van der Waals surface area contributed by atoms with E-state index in [-0.39, 0.29) is 5.82 Å². The molecule has 0 saturated heterocycles. The van der Waals surface area contributed by atoms with Crippen LogP contribution in [0.5, 0.6) is 0 Å². The highest BCUT2D eigenvalue weighted by atomic mass is 35.5. The monoisotopic (exact) mass is 336 g/mol. The molecule has 0 amide bonds. The van der Waals surface area contributed by atoms with Gasteiger partial charge in [-0.15, -0.1) is 0 Å². The first-order valence-corrected chi connectivity index (χ1v) is 7.97. The Labute approximate surface area is 141 Å². The van der Waals surface area contributed by atoms with Crippen molar-refractivity contribution in [3.8, 4) is 0 Å². The van der Waals surface area contributed by atoms with Gasteiger partial charge in [0.1, 0.15) is 22.6 Å². The van der Waals surface area contributed by atoms with Gasteiger partial charge in [0.2, 0.25) is 0 Å². The quantitative estimate of drug-likeness (QED) is 0.814. The van der Waals surface area contributed by atoms with Gasteiger partial charge in [-0.25, -0.2) is 14.4 Å². The van der Waals surface area contributed by atoms with Gasteiger partial charge >= 0.3 is 0 Å². The zero-order chi connectivity index (χ0) is 17.0. The number of aromatic nitrogens is 2. The van der Waals surface area contributed by atoms with E-state index in [2.05, 4.69) is 15.3 Å². The lowest BCUT2D eigenvalue weighted by Crippen LogP contribution is -2.12. The summed E-state index contributed by atoms with van der Waals surface area (Å²) in [7, 11) is 3.84. The maximum atomic E-state index is 14.1. The number of halogens is 2. The van der Waals surface area contributed by atoms with Gasteiger partial charge in [-0.1, -0.05) is 30.7 Å². The Hall–Kier alpha value is -1.72. The average molecular weight is 337 g/mol. The molecule has 6 heteroatoms. The summed E-state index contributed by atoms with van der Waals surface area (Å²) in [5.74, 6) is 1.13. The highest BCUT2D eigenvalue weighted by Crippen LogP contribution is 2.22. The molecular weight excluding hydrogens is 315 g/mol. The van der Waals surface area contributed by atoms with Crippen molar-refractivity contribution in [2.45, 2.75) is 33.4 Å². The fourth-order valence-corrected chi connectivity index (χ4v) is 2.72. The van der Waals surface area contributed by atoms with Crippen LogP contribution in [-0.4, -0.2) is 29.0 Å². The number of hydrogen-bond donors (Lipinski definition) is 1. The molecular formula is C17H22ClFN4. The summed E-state index contributed by atoms with van der Waals surface area (Å²) >= 11 is 6.16. The summed E-state index contributed by atoms with van der Waals surface area (Å²) in [5.41, 5.74) is 2.43. The average Bonchev–Trinajstić information content (AvgIpc) is 2.46. The molecule has 23 heavy (non-hydrogen) atoms. The summed E-state index contributed by atoms with van der Waals surface area (Å²) in [6.07, 6.45) is 0.734. The van der Waals surface area contributed by atoms with Crippen LogP contribution in [0.15, 0.2) is 18.2 Å². The predicted molar refractivity (Wildman–Crippen MR) is 92.3 cm³/mol. The van der Waals surface area contributed by atoms with Gasteiger partial charge < -0.3 is 10.2 Å². The van der Waals surface area contributed by atoms with Crippen LogP contribution >= 0.6 is 11.6 Å². The van der Waals surface area contributed by atoms with E-state index >= 15 is 0 Å². The minimum absolute atomic E-state index is 0.189. The van der Waals surface area contributed by atoms with Crippen LogP contribution < -0.4 is 5.32 Å². The van der Waals surface area contributed by atoms with Crippen molar-refractivity contribution in [3.63, 3.8) is 0 Å². The van der Waals surface area contributed by atoms with E-state index in [1.54, 1.807) is 13.0 Å². The van der Waals surface area contributed by atoms with Crippen molar-refractivity contribution >= 4 is 17.4 Å². The Kier molecular flexibility index (Phi) is 5.91. The fourth-order valence-electron chi connectivity index (χ4n) is 2.38. The van der Waals surface area contributed by atoms with Crippen molar-refractivity contribution < 1.29 is 4.39 Å². The minimum Gasteiger partial charge on any atom is -0.366 e. The normalized spacial score (nSPS) is 11.1. The molecule has 124 valence electrons. The molecule has 1 heterocycles. The molecule has 2 aromatic rings. The molecule has 1 N–H and O–H groups in total. The molecule has 0 bridgehead atoms. The summed E-state index contributed by atoms with van der Waals surface area (Å²) in [6.45, 7) is 4.87. The maximum absolute atomic E-state index is 14.1. The van der Waals surface area contributed by atoms with E-state index in [0.29, 0.717) is 35.4 Å². The third kappa shape index (κ3) is 4.62. The van der Waals surface area contributed by atoms with Crippen LogP contribution in [-0.2, 0) is 19.5 Å². The van der Waals surface area contributed by atoms with Crippen molar-refractivity contribution in [2.75, 3.05) is 19.4 Å². The van der Waals surface area contributed by atoms with Gasteiger partial charge in [-0.05, 0) is 39.1 Å². The van der Waals surface area contributed by atoms with Gasteiger partial charge in [0.25, 0.3) is 0 Å². The molecule has 0 aliphatic carbocycles. The predicted octanol–water partition coefficient (Wildman–Crippen LogP) is 3.81. The van der Waals surface area contributed by atoms with Gasteiger partial charge in [0.15, 0.2) is 0 Å². The molecule has 0 radical (unpaired) electrons. The molecule has 0 atom stereocenters. The van der Waals surface area contributed by atoms with E-state index in [9.17, 15) is 4.39 Å². The number of nitrogens with zero attached hydrogens (tertiary/aromatic N) is 3. The summed E-state index contributed by atoms with van der Waals surface area (Å²) in [4.78, 5) is 10.5. The van der Waals surface area contributed by atoms with Crippen LogP contribution in [0.4, 0.5) is 10.2 Å². The smallest absolute Gasteiger partial charge is 0.138 e. The first kappa shape index (κ1) is 17.6. The molecule has 0 saturated carbocycles. The lowest BCUT2D eigenvalue weighted by atomic mass is 10.1. The largest absolute Gasteiger partial charge is 0.366 e. The van der Waals surface area contributed by atoms with Gasteiger partial charge in [0.05, 0.1) is 0 Å². The van der Waals surface area contributed by atoms with Crippen LogP contribution in [0.1, 0.15) is 29.4 Å². The second kappa shape index (κ2) is 7.70. The van der Waals surface area contributed by atoms with E-state index in [0.717, 1.165) is 17.5 Å². The summed E-state index contributed by atoms with van der Waals surface area (Å²) < 4.78 is 14.1. The van der Waals surface area contributed by atoms with E-state index in [1.807, 2.05) is 38.1 Å². The Morgan fingerprint density at radius 2 is 2.00 bits per heavy atom. The number of hydrogen-bond acceptors (Lipinski definition) is 4.